The third kappa shape index (κ3) is 6.46. The van der Waals surface area contributed by atoms with Crippen molar-refractivity contribution in [1.29, 1.82) is 5.26 Å². The number of benzene rings is 1. The molecule has 1 saturated carbocycles. The maximum absolute atomic E-state index is 11.8. The van der Waals surface area contributed by atoms with Gasteiger partial charge in [0.2, 0.25) is 5.95 Å². The zero-order valence-electron chi connectivity index (χ0n) is 21.6. The number of imidazole rings is 1. The van der Waals surface area contributed by atoms with Crippen molar-refractivity contribution in [2.24, 2.45) is 0 Å². The minimum atomic E-state index is -4.92. The number of amides is 1. The Hall–Kier alpha value is -4.11. The molecule has 2 atom stereocenters. The van der Waals surface area contributed by atoms with Crippen molar-refractivity contribution in [2.45, 2.75) is 37.5 Å². The number of hydrogen-bond acceptors (Lipinski definition) is 11. The lowest BCUT2D eigenvalue weighted by Gasteiger charge is -2.39. The lowest BCUT2D eigenvalue weighted by molar-refractivity contribution is 0.0874. The van der Waals surface area contributed by atoms with E-state index in [1.165, 1.54) is 23.9 Å². The quantitative estimate of drug-likeness (QED) is 0.186. The Morgan fingerprint density at radius 1 is 1.32 bits per heavy atom. The number of piperidine rings is 1. The molecular formula is C24H25ClN9O6P. The van der Waals surface area contributed by atoms with Crippen LogP contribution in [-0.4, -0.2) is 73.8 Å². The van der Waals surface area contributed by atoms with Gasteiger partial charge in [-0.1, -0.05) is 11.6 Å². The molecule has 0 unspecified atom stereocenters. The van der Waals surface area contributed by atoms with E-state index in [1.807, 2.05) is 0 Å². The highest BCUT2D eigenvalue weighted by atomic mass is 35.5. The van der Waals surface area contributed by atoms with Gasteiger partial charge in [-0.2, -0.15) is 14.8 Å². The number of ether oxygens (including phenoxy) is 1. The van der Waals surface area contributed by atoms with Crippen molar-refractivity contribution in [3.8, 4) is 18.4 Å². The molecule has 0 spiro atoms. The van der Waals surface area contributed by atoms with Crippen molar-refractivity contribution in [2.75, 3.05) is 35.7 Å². The Morgan fingerprint density at radius 3 is 2.76 bits per heavy atom. The summed E-state index contributed by atoms with van der Waals surface area (Å²) in [4.78, 5) is 41.3. The number of fused-ring (bicyclic) bond motifs is 1. The third-order valence-electron chi connectivity index (χ3n) is 6.52. The van der Waals surface area contributed by atoms with Crippen molar-refractivity contribution in [1.82, 2.24) is 24.9 Å². The molecule has 41 heavy (non-hydrogen) atoms. The minimum Gasteiger partial charge on any atom is -0.453 e. The van der Waals surface area contributed by atoms with Crippen molar-refractivity contribution in [3.05, 3.63) is 34.6 Å². The maximum atomic E-state index is 11.8. The van der Waals surface area contributed by atoms with Crippen LogP contribution >= 0.6 is 19.4 Å². The third-order valence-corrected chi connectivity index (χ3v) is 7.46. The van der Waals surface area contributed by atoms with Gasteiger partial charge < -0.3 is 35.4 Å². The van der Waals surface area contributed by atoms with E-state index in [-0.39, 0.29) is 35.5 Å². The highest BCUT2D eigenvalue weighted by Crippen LogP contribution is 2.42. The monoisotopic (exact) mass is 601 g/mol. The van der Waals surface area contributed by atoms with E-state index in [0.29, 0.717) is 35.1 Å². The second-order valence-corrected chi connectivity index (χ2v) is 11.0. The van der Waals surface area contributed by atoms with E-state index >= 15 is 0 Å². The van der Waals surface area contributed by atoms with E-state index < -0.39 is 26.1 Å². The number of alkyl carbamates (subject to hydrolysis) is 1. The first-order chi connectivity index (χ1) is 19.6. The zero-order chi connectivity index (χ0) is 29.3. The summed E-state index contributed by atoms with van der Waals surface area (Å²) in [6.07, 6.45) is 7.49. The Morgan fingerprint density at radius 2 is 2.10 bits per heavy atom. The molecule has 3 heterocycles. The normalized spacial score (nSPS) is 18.8. The number of hydrogen-bond donors (Lipinski definition) is 5. The Kier molecular flexibility index (Phi) is 7.91. The number of methoxy groups -OCH3 is 1. The molecule has 0 radical (unpaired) electrons. The second kappa shape index (κ2) is 11.4. The summed E-state index contributed by atoms with van der Waals surface area (Å²) in [5, 5.41) is 23.3. The van der Waals surface area contributed by atoms with Crippen molar-refractivity contribution >= 4 is 54.3 Å². The molecule has 5 rings (SSSR count). The van der Waals surface area contributed by atoms with E-state index in [1.54, 1.807) is 11.0 Å². The van der Waals surface area contributed by atoms with Gasteiger partial charge >= 0.3 is 13.9 Å². The number of anilines is 4. The molecule has 1 saturated heterocycles. The van der Waals surface area contributed by atoms with E-state index in [0.717, 1.165) is 12.8 Å². The first-order valence-electron chi connectivity index (χ1n) is 12.4. The molecule has 5 N–H and O–H groups in total. The van der Waals surface area contributed by atoms with Crippen LogP contribution in [0.5, 0.6) is 0 Å². The number of nitrogens with one attached hydrogen (secondary N) is 3. The van der Waals surface area contributed by atoms with Gasteiger partial charge in [0.1, 0.15) is 11.8 Å². The zero-order valence-corrected chi connectivity index (χ0v) is 23.3. The number of rotatable bonds is 8. The summed E-state index contributed by atoms with van der Waals surface area (Å²) in [7, 11) is -3.74. The average Bonchev–Trinajstić information content (AvgIpc) is 3.65. The summed E-state index contributed by atoms with van der Waals surface area (Å²) in [5.74, 6) is 3.16. The van der Waals surface area contributed by atoms with Gasteiger partial charge in [0.15, 0.2) is 11.5 Å². The summed E-state index contributed by atoms with van der Waals surface area (Å²) in [6, 6.07) is 4.68. The van der Waals surface area contributed by atoms with Crippen LogP contribution < -0.4 is 20.9 Å². The Labute approximate surface area is 239 Å². The van der Waals surface area contributed by atoms with Crippen LogP contribution in [-0.2, 0) is 13.8 Å². The number of nitrogens with zero attached hydrogens (tertiary/aromatic N) is 6. The Bertz CT molecular complexity index is 1630. The van der Waals surface area contributed by atoms with Crippen LogP contribution in [0.15, 0.2) is 18.3 Å². The largest absolute Gasteiger partial charge is 0.469 e. The van der Waals surface area contributed by atoms with Gasteiger partial charge in [-0.15, -0.1) is 11.5 Å². The van der Waals surface area contributed by atoms with Crippen LogP contribution in [0.25, 0.3) is 5.65 Å². The number of nitriles is 1. The van der Waals surface area contributed by atoms with Gasteiger partial charge in [-0.25, -0.2) is 14.3 Å². The summed E-state index contributed by atoms with van der Waals surface area (Å²) in [6.45, 7) is 0.245. The summed E-state index contributed by atoms with van der Waals surface area (Å²) >= 11 is 6.81. The predicted molar refractivity (Wildman–Crippen MR) is 148 cm³/mol. The number of carbonyl (C=O) groups is 1. The molecule has 1 amide bonds. The number of phosphoric ester groups is 1. The van der Waals surface area contributed by atoms with Crippen LogP contribution in [0, 0.1) is 23.7 Å². The fraction of sp³-hybridized carbons (Fsp3) is 0.375. The molecule has 2 fully saturated rings. The van der Waals surface area contributed by atoms with Crippen LogP contribution in [0.4, 0.5) is 27.9 Å². The summed E-state index contributed by atoms with van der Waals surface area (Å²) < 4.78 is 22.8. The smallest absolute Gasteiger partial charge is 0.453 e. The van der Waals surface area contributed by atoms with Gasteiger partial charge in [-0.3, -0.25) is 4.52 Å². The molecule has 1 aliphatic carbocycles. The summed E-state index contributed by atoms with van der Waals surface area (Å²) in [5.41, 5.74) is 1.84. The Balaban J connectivity index is 1.47. The molecule has 2 aliphatic rings. The first-order valence-corrected chi connectivity index (χ1v) is 14.3. The molecule has 1 aromatic carbocycles. The van der Waals surface area contributed by atoms with Gasteiger partial charge in [0, 0.05) is 19.1 Å². The number of aromatic nitrogens is 4. The number of terminal acetylenes is 1. The van der Waals surface area contributed by atoms with E-state index in [4.69, 9.17) is 22.5 Å². The fourth-order valence-electron chi connectivity index (χ4n) is 4.46. The van der Waals surface area contributed by atoms with Crippen LogP contribution in [0.1, 0.15) is 30.5 Å². The first kappa shape index (κ1) is 28.4. The average molecular weight is 602 g/mol. The SMILES string of the molecule is C#Cc1cnc2c(NC3CC3)nc(Nc3cc(C#N)cc(N4CC[C@H](NC(=O)OC)[C@@H](OP(=O)(O)O)C4)c3Cl)nn12. The van der Waals surface area contributed by atoms with E-state index in [2.05, 4.69) is 47.7 Å². The molecule has 15 nitrogen and oxygen atoms in total. The molecule has 0 bridgehead atoms. The highest BCUT2D eigenvalue weighted by molar-refractivity contribution is 7.46. The lowest BCUT2D eigenvalue weighted by Crippen LogP contribution is -2.55. The molecule has 214 valence electrons. The molecular weight excluding hydrogens is 577 g/mol. The molecule has 2 aromatic heterocycles. The molecule has 1 aliphatic heterocycles. The second-order valence-electron chi connectivity index (χ2n) is 9.43. The van der Waals surface area contributed by atoms with Crippen molar-refractivity contribution in [3.63, 3.8) is 0 Å². The minimum absolute atomic E-state index is 0.0632. The number of phosphoric acid groups is 1. The van der Waals surface area contributed by atoms with Gasteiger partial charge in [0.25, 0.3) is 0 Å². The topological polar surface area (TPSA) is 199 Å². The molecule has 17 heteroatoms. The predicted octanol–water partition coefficient (Wildman–Crippen LogP) is 2.36. The lowest BCUT2D eigenvalue weighted by atomic mass is 10.0. The highest BCUT2D eigenvalue weighted by Gasteiger charge is 2.37. The van der Waals surface area contributed by atoms with Crippen LogP contribution in [0.2, 0.25) is 5.02 Å². The standard InChI is InChI=1S/C24H25ClN9O6P/c1-3-15-11-27-22-21(28-14-4-5-14)31-23(32-34(15)22)29-17-8-13(10-26)9-18(20(17)25)33-7-6-16(30-24(35)39-2)19(12-33)40-41(36,37)38/h1,8-9,11,14,16,19H,4-7,12H2,2H3,(H,30,35)(H2,36,37,38)(H2,28,29,31,32)/t16-,19-/m0/s1. The van der Waals surface area contributed by atoms with Gasteiger partial charge in [0.05, 0.1) is 47.4 Å². The maximum Gasteiger partial charge on any atom is 0.469 e. The fourth-order valence-corrected chi connectivity index (χ4v) is 5.30. The number of carbonyl (C=O) groups excluding carboxylic acids is 1. The van der Waals surface area contributed by atoms with E-state index in [9.17, 15) is 24.4 Å². The number of halogens is 1. The molecule has 3 aromatic rings. The van der Waals surface area contributed by atoms with Gasteiger partial charge in [-0.05, 0) is 37.3 Å². The van der Waals surface area contributed by atoms with Crippen LogP contribution in [0.3, 0.4) is 0 Å². The van der Waals surface area contributed by atoms with Crippen molar-refractivity contribution < 1.29 is 28.4 Å².